The zero-order valence-electron chi connectivity index (χ0n) is 12.1. The molecule has 0 aliphatic heterocycles. The Morgan fingerprint density at radius 1 is 1.30 bits per heavy atom. The number of fused-ring (bicyclic) bond motifs is 1. The monoisotopic (exact) mass is 342 g/mol. The first kappa shape index (κ1) is 15.3. The van der Waals surface area contributed by atoms with E-state index < -0.39 is 0 Å². The Kier molecular flexibility index (Phi) is 4.20. The minimum Gasteiger partial charge on any atom is -0.497 e. The van der Waals surface area contributed by atoms with E-state index >= 15 is 0 Å². The normalized spacial score (nSPS) is 10.3. The topological polar surface area (TPSA) is 62.1 Å². The van der Waals surface area contributed by atoms with Gasteiger partial charge in [-0.2, -0.15) is 5.26 Å². The molecule has 0 saturated carbocycles. The van der Waals surface area contributed by atoms with E-state index in [-0.39, 0.29) is 5.91 Å². The smallest absolute Gasteiger partial charge is 0.267 e. The number of ether oxygens (including phenoxy) is 1. The minimum atomic E-state index is -0.301. The van der Waals surface area contributed by atoms with Crippen molar-refractivity contribution in [1.29, 1.82) is 5.26 Å². The predicted molar refractivity (Wildman–Crippen MR) is 92.5 cm³/mol. The molecule has 0 radical (unpaired) electrons. The second-order valence-electron chi connectivity index (χ2n) is 4.75. The number of benzene rings is 2. The second kappa shape index (κ2) is 6.29. The van der Waals surface area contributed by atoms with Crippen LogP contribution in [0, 0.1) is 11.3 Å². The third-order valence-corrected chi connectivity index (χ3v) is 4.96. The van der Waals surface area contributed by atoms with Gasteiger partial charge >= 0.3 is 0 Å². The van der Waals surface area contributed by atoms with Gasteiger partial charge in [0, 0.05) is 15.8 Å². The number of hydrogen-bond acceptors (Lipinski definition) is 4. The molecule has 3 aromatic rings. The molecule has 0 spiro atoms. The number of halogens is 1. The van der Waals surface area contributed by atoms with Crippen LogP contribution in [0.1, 0.15) is 15.2 Å². The van der Waals surface area contributed by atoms with Crippen molar-refractivity contribution < 1.29 is 9.53 Å². The van der Waals surface area contributed by atoms with E-state index in [1.165, 1.54) is 11.3 Å². The van der Waals surface area contributed by atoms with Crippen LogP contribution in [0.25, 0.3) is 10.1 Å². The number of rotatable bonds is 3. The third kappa shape index (κ3) is 3.00. The maximum atomic E-state index is 12.5. The van der Waals surface area contributed by atoms with Crippen molar-refractivity contribution >= 4 is 44.6 Å². The molecule has 4 nitrogen and oxygen atoms in total. The Morgan fingerprint density at radius 2 is 2.13 bits per heavy atom. The summed E-state index contributed by atoms with van der Waals surface area (Å²) in [5.74, 6) is 0.385. The molecule has 1 heterocycles. The van der Waals surface area contributed by atoms with Gasteiger partial charge in [0.05, 0.1) is 23.8 Å². The summed E-state index contributed by atoms with van der Waals surface area (Å²) < 4.78 is 6.09. The van der Waals surface area contributed by atoms with Gasteiger partial charge in [-0.3, -0.25) is 4.79 Å². The number of methoxy groups -OCH3 is 1. The molecule has 1 N–H and O–H groups in total. The fourth-order valence-corrected chi connectivity index (χ4v) is 3.56. The molecule has 0 saturated heterocycles. The van der Waals surface area contributed by atoms with Gasteiger partial charge in [-0.05, 0) is 36.4 Å². The van der Waals surface area contributed by atoms with Gasteiger partial charge in [0.15, 0.2) is 0 Å². The second-order valence-corrected chi connectivity index (χ2v) is 6.18. The maximum Gasteiger partial charge on any atom is 0.267 e. The first-order chi connectivity index (χ1) is 11.1. The quantitative estimate of drug-likeness (QED) is 0.751. The van der Waals surface area contributed by atoms with E-state index in [1.807, 2.05) is 18.2 Å². The molecule has 0 unspecified atom stereocenters. The van der Waals surface area contributed by atoms with Crippen LogP contribution in [0.2, 0.25) is 5.02 Å². The van der Waals surface area contributed by atoms with Gasteiger partial charge in [0.25, 0.3) is 5.91 Å². The maximum absolute atomic E-state index is 12.5. The van der Waals surface area contributed by atoms with E-state index in [0.29, 0.717) is 26.9 Å². The summed E-state index contributed by atoms with van der Waals surface area (Å²) in [4.78, 5) is 12.9. The molecule has 2 aromatic carbocycles. The van der Waals surface area contributed by atoms with Gasteiger partial charge in [0.1, 0.15) is 10.6 Å². The summed E-state index contributed by atoms with van der Waals surface area (Å²) in [5.41, 5.74) is 1.04. The van der Waals surface area contributed by atoms with Crippen molar-refractivity contribution in [3.63, 3.8) is 0 Å². The zero-order valence-corrected chi connectivity index (χ0v) is 13.7. The molecular weight excluding hydrogens is 332 g/mol. The van der Waals surface area contributed by atoms with Gasteiger partial charge < -0.3 is 10.1 Å². The summed E-state index contributed by atoms with van der Waals surface area (Å²) in [6.45, 7) is 0. The molecule has 0 fully saturated rings. The van der Waals surface area contributed by atoms with Crippen LogP contribution in [0.15, 0.2) is 42.5 Å². The Hall–Kier alpha value is -2.55. The number of carbonyl (C=O) groups is 1. The van der Waals surface area contributed by atoms with Crippen LogP contribution in [0.5, 0.6) is 5.75 Å². The number of hydrogen-bond donors (Lipinski definition) is 1. The van der Waals surface area contributed by atoms with E-state index in [0.717, 1.165) is 10.1 Å². The standard InChI is InChI=1S/C17H11ClN2O2S/c1-22-12-5-6-14-13(8-12)15(18)16(23-14)17(21)20-11-4-2-3-10(7-11)9-19/h2-8H,1H3,(H,20,21). The summed E-state index contributed by atoms with van der Waals surface area (Å²) in [5, 5.41) is 12.9. The van der Waals surface area contributed by atoms with Crippen molar-refractivity contribution in [1.82, 2.24) is 0 Å². The lowest BCUT2D eigenvalue weighted by Crippen LogP contribution is -2.10. The summed E-state index contributed by atoms with van der Waals surface area (Å²) in [6.07, 6.45) is 0. The number of anilines is 1. The molecule has 23 heavy (non-hydrogen) atoms. The Labute approximate surface area is 141 Å². The fourth-order valence-electron chi connectivity index (χ4n) is 2.17. The van der Waals surface area contributed by atoms with Gasteiger partial charge in [-0.1, -0.05) is 17.7 Å². The number of nitrogens with zero attached hydrogens (tertiary/aromatic N) is 1. The highest BCUT2D eigenvalue weighted by Gasteiger charge is 2.18. The Bertz CT molecular complexity index is 943. The van der Waals surface area contributed by atoms with Crippen LogP contribution in [0.3, 0.4) is 0 Å². The van der Waals surface area contributed by atoms with Crippen LogP contribution >= 0.6 is 22.9 Å². The fraction of sp³-hybridized carbons (Fsp3) is 0.0588. The SMILES string of the molecule is COc1ccc2sc(C(=O)Nc3cccc(C#N)c3)c(Cl)c2c1. The number of carbonyl (C=O) groups excluding carboxylic acids is 1. The van der Waals surface area contributed by atoms with Crippen molar-refractivity contribution in [2.75, 3.05) is 12.4 Å². The van der Waals surface area contributed by atoms with Crippen molar-refractivity contribution in [3.8, 4) is 11.8 Å². The summed E-state index contributed by atoms with van der Waals surface area (Å²) in [7, 11) is 1.58. The van der Waals surface area contributed by atoms with Crippen LogP contribution in [-0.2, 0) is 0 Å². The van der Waals surface area contributed by atoms with Crippen molar-refractivity contribution in [3.05, 3.63) is 57.9 Å². The number of amides is 1. The third-order valence-electron chi connectivity index (χ3n) is 3.29. The van der Waals surface area contributed by atoms with Crippen molar-refractivity contribution in [2.24, 2.45) is 0 Å². The van der Waals surface area contributed by atoms with Gasteiger partial charge in [0.2, 0.25) is 0 Å². The highest BCUT2D eigenvalue weighted by atomic mass is 35.5. The Morgan fingerprint density at radius 3 is 2.87 bits per heavy atom. The first-order valence-corrected chi connectivity index (χ1v) is 7.89. The molecule has 1 aromatic heterocycles. The molecule has 3 rings (SSSR count). The van der Waals surface area contributed by atoms with Gasteiger partial charge in [-0.25, -0.2) is 0 Å². The Balaban J connectivity index is 1.94. The average Bonchev–Trinajstić information content (AvgIpc) is 2.91. The van der Waals surface area contributed by atoms with Crippen LogP contribution < -0.4 is 10.1 Å². The first-order valence-electron chi connectivity index (χ1n) is 6.70. The molecule has 0 aliphatic carbocycles. The number of nitrogens with one attached hydrogen (secondary N) is 1. The lowest BCUT2D eigenvalue weighted by Gasteiger charge is -2.04. The average molecular weight is 343 g/mol. The molecule has 114 valence electrons. The largest absolute Gasteiger partial charge is 0.497 e. The lowest BCUT2D eigenvalue weighted by molar-refractivity contribution is 0.103. The van der Waals surface area contributed by atoms with E-state index in [4.69, 9.17) is 21.6 Å². The summed E-state index contributed by atoms with van der Waals surface area (Å²) in [6, 6.07) is 14.3. The minimum absolute atomic E-state index is 0.301. The summed E-state index contributed by atoms with van der Waals surface area (Å²) >= 11 is 7.66. The number of nitriles is 1. The van der Waals surface area contributed by atoms with Crippen molar-refractivity contribution in [2.45, 2.75) is 0 Å². The van der Waals surface area contributed by atoms with Crippen LogP contribution in [0.4, 0.5) is 5.69 Å². The van der Waals surface area contributed by atoms with Gasteiger partial charge in [-0.15, -0.1) is 11.3 Å². The van der Waals surface area contributed by atoms with Crippen LogP contribution in [-0.4, -0.2) is 13.0 Å². The number of thiophene rings is 1. The molecule has 6 heteroatoms. The molecular formula is C17H11ClN2O2S. The lowest BCUT2D eigenvalue weighted by atomic mass is 10.2. The zero-order chi connectivity index (χ0) is 16.4. The molecule has 0 atom stereocenters. The van der Waals surface area contributed by atoms with E-state index in [2.05, 4.69) is 5.32 Å². The molecule has 0 aliphatic rings. The molecule has 1 amide bonds. The highest BCUT2D eigenvalue weighted by molar-refractivity contribution is 7.21. The van der Waals surface area contributed by atoms with E-state index in [1.54, 1.807) is 37.4 Å². The predicted octanol–water partition coefficient (Wildman–Crippen LogP) is 4.69. The molecule has 0 bridgehead atoms. The van der Waals surface area contributed by atoms with E-state index in [9.17, 15) is 4.79 Å². The highest BCUT2D eigenvalue weighted by Crippen LogP contribution is 2.37.